The SMILES string of the molecule is NC1CCc2cc(NCc3ccc(Cl)cc3)ccc2C1. The molecule has 0 spiro atoms. The molecular weight excluding hydrogens is 268 g/mol. The highest BCUT2D eigenvalue weighted by molar-refractivity contribution is 6.30. The second-order valence-corrected chi connectivity index (χ2v) is 5.90. The lowest BCUT2D eigenvalue weighted by Crippen LogP contribution is -2.27. The van der Waals surface area contributed by atoms with E-state index in [1.165, 1.54) is 22.4 Å². The Hall–Kier alpha value is -1.51. The molecular formula is C17H19ClN2. The van der Waals surface area contributed by atoms with Crippen LogP contribution in [0.4, 0.5) is 5.69 Å². The predicted octanol–water partition coefficient (Wildman–Crippen LogP) is 3.77. The minimum absolute atomic E-state index is 0.329. The number of hydrogen-bond acceptors (Lipinski definition) is 2. The molecule has 2 nitrogen and oxygen atoms in total. The normalized spacial score (nSPS) is 17.6. The van der Waals surface area contributed by atoms with Crippen LogP contribution in [-0.4, -0.2) is 6.04 Å². The van der Waals surface area contributed by atoms with Gasteiger partial charge in [0.25, 0.3) is 0 Å². The fraction of sp³-hybridized carbons (Fsp3) is 0.294. The van der Waals surface area contributed by atoms with Gasteiger partial charge in [-0.3, -0.25) is 0 Å². The van der Waals surface area contributed by atoms with Gasteiger partial charge in [-0.15, -0.1) is 0 Å². The minimum Gasteiger partial charge on any atom is -0.381 e. The standard InChI is InChI=1S/C17H19ClN2/c18-15-5-1-12(2-6-15)11-20-17-8-4-13-9-16(19)7-3-14(13)10-17/h1-2,4-6,8,10,16,20H,3,7,9,11,19H2. The van der Waals surface area contributed by atoms with E-state index in [-0.39, 0.29) is 0 Å². The molecule has 0 amide bonds. The highest BCUT2D eigenvalue weighted by atomic mass is 35.5. The van der Waals surface area contributed by atoms with Crippen LogP contribution in [0.15, 0.2) is 42.5 Å². The zero-order chi connectivity index (χ0) is 13.9. The Bertz CT molecular complexity index is 592. The third-order valence-electron chi connectivity index (χ3n) is 3.88. The van der Waals surface area contributed by atoms with Gasteiger partial charge in [-0.05, 0) is 60.2 Å². The molecule has 104 valence electrons. The molecule has 0 saturated heterocycles. The molecule has 1 atom stereocenters. The largest absolute Gasteiger partial charge is 0.381 e. The van der Waals surface area contributed by atoms with Crippen molar-refractivity contribution in [1.29, 1.82) is 0 Å². The first-order valence-electron chi connectivity index (χ1n) is 7.06. The maximum atomic E-state index is 6.01. The summed E-state index contributed by atoms with van der Waals surface area (Å²) in [5.41, 5.74) is 11.3. The van der Waals surface area contributed by atoms with E-state index in [1.807, 2.05) is 24.3 Å². The van der Waals surface area contributed by atoms with Gasteiger partial charge in [-0.25, -0.2) is 0 Å². The first kappa shape index (κ1) is 13.5. The molecule has 0 heterocycles. The van der Waals surface area contributed by atoms with E-state index in [0.29, 0.717) is 6.04 Å². The highest BCUT2D eigenvalue weighted by Crippen LogP contribution is 2.24. The topological polar surface area (TPSA) is 38.0 Å². The summed E-state index contributed by atoms with van der Waals surface area (Å²) >= 11 is 5.89. The Labute approximate surface area is 125 Å². The number of rotatable bonds is 3. The molecule has 3 N–H and O–H groups in total. The molecule has 0 bridgehead atoms. The fourth-order valence-corrected chi connectivity index (χ4v) is 2.83. The third kappa shape index (κ3) is 3.14. The molecule has 1 unspecified atom stereocenters. The maximum Gasteiger partial charge on any atom is 0.0406 e. The van der Waals surface area contributed by atoms with Crippen molar-refractivity contribution in [3.63, 3.8) is 0 Å². The van der Waals surface area contributed by atoms with E-state index in [2.05, 4.69) is 23.5 Å². The van der Waals surface area contributed by atoms with Crippen LogP contribution in [0, 0.1) is 0 Å². The van der Waals surface area contributed by atoms with Crippen LogP contribution in [0.25, 0.3) is 0 Å². The first-order valence-corrected chi connectivity index (χ1v) is 7.44. The van der Waals surface area contributed by atoms with Crippen molar-refractivity contribution in [3.8, 4) is 0 Å². The summed E-state index contributed by atoms with van der Waals surface area (Å²) in [7, 11) is 0. The van der Waals surface area contributed by atoms with Crippen LogP contribution in [0.2, 0.25) is 5.02 Å². The van der Waals surface area contributed by atoms with Gasteiger partial charge in [0.15, 0.2) is 0 Å². The smallest absolute Gasteiger partial charge is 0.0406 e. The van der Waals surface area contributed by atoms with Crippen molar-refractivity contribution < 1.29 is 0 Å². The van der Waals surface area contributed by atoms with Gasteiger partial charge in [-0.2, -0.15) is 0 Å². The summed E-state index contributed by atoms with van der Waals surface area (Å²) in [5.74, 6) is 0. The van der Waals surface area contributed by atoms with Crippen molar-refractivity contribution in [2.24, 2.45) is 5.73 Å². The second kappa shape index (κ2) is 5.86. The zero-order valence-electron chi connectivity index (χ0n) is 11.4. The summed E-state index contributed by atoms with van der Waals surface area (Å²) < 4.78 is 0. The van der Waals surface area contributed by atoms with Gasteiger partial charge in [0, 0.05) is 23.3 Å². The molecule has 0 fully saturated rings. The molecule has 0 radical (unpaired) electrons. The van der Waals surface area contributed by atoms with Crippen molar-refractivity contribution in [2.45, 2.75) is 31.8 Å². The minimum atomic E-state index is 0.329. The summed E-state index contributed by atoms with van der Waals surface area (Å²) in [4.78, 5) is 0. The van der Waals surface area contributed by atoms with Gasteiger partial charge in [-0.1, -0.05) is 29.8 Å². The van der Waals surface area contributed by atoms with E-state index in [9.17, 15) is 0 Å². The number of anilines is 1. The molecule has 3 heteroatoms. The summed E-state index contributed by atoms with van der Waals surface area (Å²) in [6.07, 6.45) is 3.19. The zero-order valence-corrected chi connectivity index (χ0v) is 12.2. The maximum absolute atomic E-state index is 6.01. The van der Waals surface area contributed by atoms with Gasteiger partial charge in [0.05, 0.1) is 0 Å². The van der Waals surface area contributed by atoms with Crippen LogP contribution in [0.5, 0.6) is 0 Å². The van der Waals surface area contributed by atoms with Crippen molar-refractivity contribution in [1.82, 2.24) is 0 Å². The molecule has 2 aromatic rings. The Morgan fingerprint density at radius 3 is 2.70 bits per heavy atom. The fourth-order valence-electron chi connectivity index (χ4n) is 2.70. The number of fused-ring (bicyclic) bond motifs is 1. The molecule has 0 aromatic heterocycles. The molecule has 3 rings (SSSR count). The Morgan fingerprint density at radius 2 is 1.90 bits per heavy atom. The highest BCUT2D eigenvalue weighted by Gasteiger charge is 2.15. The van der Waals surface area contributed by atoms with E-state index < -0.39 is 0 Å². The van der Waals surface area contributed by atoms with Gasteiger partial charge in [0.1, 0.15) is 0 Å². The average molecular weight is 287 g/mol. The number of benzene rings is 2. The van der Waals surface area contributed by atoms with Gasteiger partial charge >= 0.3 is 0 Å². The van der Waals surface area contributed by atoms with Crippen molar-refractivity contribution >= 4 is 17.3 Å². The molecule has 2 aromatic carbocycles. The van der Waals surface area contributed by atoms with Crippen LogP contribution >= 0.6 is 11.6 Å². The Morgan fingerprint density at radius 1 is 1.10 bits per heavy atom. The molecule has 1 aliphatic rings. The van der Waals surface area contributed by atoms with Crippen LogP contribution in [0.1, 0.15) is 23.1 Å². The van der Waals surface area contributed by atoms with E-state index >= 15 is 0 Å². The van der Waals surface area contributed by atoms with Gasteiger partial charge in [0.2, 0.25) is 0 Å². The summed E-state index contributed by atoms with van der Waals surface area (Å²) in [5, 5.41) is 4.24. The lowest BCUT2D eigenvalue weighted by Gasteiger charge is -2.22. The second-order valence-electron chi connectivity index (χ2n) is 5.47. The number of hydrogen-bond donors (Lipinski definition) is 2. The molecule has 0 saturated carbocycles. The lowest BCUT2D eigenvalue weighted by atomic mass is 9.88. The van der Waals surface area contributed by atoms with E-state index in [1.54, 1.807) is 0 Å². The van der Waals surface area contributed by atoms with E-state index in [0.717, 1.165) is 30.8 Å². The van der Waals surface area contributed by atoms with E-state index in [4.69, 9.17) is 17.3 Å². The number of nitrogens with two attached hydrogens (primary N) is 1. The Kier molecular flexibility index (Phi) is 3.95. The quantitative estimate of drug-likeness (QED) is 0.901. The molecule has 1 aliphatic carbocycles. The number of halogens is 1. The third-order valence-corrected chi connectivity index (χ3v) is 4.13. The lowest BCUT2D eigenvalue weighted by molar-refractivity contribution is 0.576. The van der Waals surface area contributed by atoms with Crippen LogP contribution < -0.4 is 11.1 Å². The summed E-state index contributed by atoms with van der Waals surface area (Å²) in [6.45, 7) is 0.815. The predicted molar refractivity (Wildman–Crippen MR) is 85.2 cm³/mol. The molecule has 20 heavy (non-hydrogen) atoms. The number of aryl methyl sites for hydroxylation is 1. The number of nitrogens with one attached hydrogen (secondary N) is 1. The average Bonchev–Trinajstić information content (AvgIpc) is 2.46. The van der Waals surface area contributed by atoms with Crippen molar-refractivity contribution in [2.75, 3.05) is 5.32 Å². The van der Waals surface area contributed by atoms with Crippen molar-refractivity contribution in [3.05, 3.63) is 64.2 Å². The molecule has 0 aliphatic heterocycles. The summed E-state index contributed by atoms with van der Waals surface area (Å²) in [6, 6.07) is 14.9. The van der Waals surface area contributed by atoms with Crippen LogP contribution in [0.3, 0.4) is 0 Å². The monoisotopic (exact) mass is 286 g/mol. The first-order chi connectivity index (χ1) is 9.70. The van der Waals surface area contributed by atoms with Crippen LogP contribution in [-0.2, 0) is 19.4 Å². The van der Waals surface area contributed by atoms with Gasteiger partial charge < -0.3 is 11.1 Å². The Balaban J connectivity index is 1.67.